The highest BCUT2D eigenvalue weighted by Crippen LogP contribution is 2.41. The summed E-state index contributed by atoms with van der Waals surface area (Å²) in [5.41, 5.74) is -0.344. The lowest BCUT2D eigenvalue weighted by Crippen LogP contribution is -2.58. The molecule has 1 unspecified atom stereocenters. The molecule has 0 spiro atoms. The molecule has 2 saturated heterocycles. The lowest BCUT2D eigenvalue weighted by molar-refractivity contribution is -0.199. The highest BCUT2D eigenvalue weighted by atomic mass is 16.5. The number of piperidine rings is 1. The van der Waals surface area contributed by atoms with E-state index in [9.17, 15) is 4.79 Å². The van der Waals surface area contributed by atoms with E-state index in [0.717, 1.165) is 19.5 Å². The average molecular weight is 213 g/mol. The Bertz CT molecular complexity index is 250. The molecule has 2 aliphatic rings. The summed E-state index contributed by atoms with van der Waals surface area (Å²) in [5.74, 6) is 0.312. The van der Waals surface area contributed by atoms with E-state index >= 15 is 0 Å². The largest absolute Gasteiger partial charge is 0.468 e. The van der Waals surface area contributed by atoms with Gasteiger partial charge in [0.2, 0.25) is 0 Å². The van der Waals surface area contributed by atoms with Gasteiger partial charge in [0.25, 0.3) is 0 Å². The summed E-state index contributed by atoms with van der Waals surface area (Å²) < 4.78 is 10.1. The van der Waals surface area contributed by atoms with Crippen molar-refractivity contribution in [1.82, 2.24) is 4.90 Å². The molecule has 0 N–H and O–H groups in total. The van der Waals surface area contributed by atoms with E-state index in [1.165, 1.54) is 13.5 Å². The van der Waals surface area contributed by atoms with E-state index in [1.807, 2.05) is 0 Å². The van der Waals surface area contributed by atoms with Crippen LogP contribution in [0.25, 0.3) is 0 Å². The molecule has 2 rings (SSSR count). The number of methoxy groups -OCH3 is 1. The molecule has 0 saturated carbocycles. The van der Waals surface area contributed by atoms with Crippen molar-refractivity contribution < 1.29 is 14.3 Å². The minimum atomic E-state index is -0.344. The van der Waals surface area contributed by atoms with E-state index < -0.39 is 0 Å². The number of carbonyl (C=O) groups excluding carboxylic acids is 1. The monoisotopic (exact) mass is 213 g/mol. The maximum absolute atomic E-state index is 11.8. The number of hydrogen-bond acceptors (Lipinski definition) is 4. The fraction of sp³-hybridized carbons (Fsp3) is 0.909. The van der Waals surface area contributed by atoms with Gasteiger partial charge in [-0.2, -0.15) is 0 Å². The normalized spacial score (nSPS) is 30.7. The van der Waals surface area contributed by atoms with Crippen LogP contribution in [-0.4, -0.2) is 51.3 Å². The third-order valence-electron chi connectivity index (χ3n) is 3.72. The Morgan fingerprint density at radius 3 is 2.73 bits per heavy atom. The Balaban J connectivity index is 2.08. The average Bonchev–Trinajstić information content (AvgIpc) is 2.16. The van der Waals surface area contributed by atoms with Crippen molar-refractivity contribution in [3.8, 4) is 0 Å². The minimum Gasteiger partial charge on any atom is -0.468 e. The second-order valence-corrected chi connectivity index (χ2v) is 4.74. The van der Waals surface area contributed by atoms with Gasteiger partial charge >= 0.3 is 5.97 Å². The van der Waals surface area contributed by atoms with E-state index in [4.69, 9.17) is 9.47 Å². The molecule has 0 aromatic carbocycles. The number of rotatable bonds is 2. The first-order chi connectivity index (χ1) is 7.19. The van der Waals surface area contributed by atoms with Crippen LogP contribution in [0.2, 0.25) is 0 Å². The smallest absolute Gasteiger partial charge is 0.316 e. The molecular formula is C11H19NO3. The van der Waals surface area contributed by atoms with E-state index in [0.29, 0.717) is 19.1 Å². The number of likely N-dealkylation sites (tertiary alicyclic amines) is 1. The van der Waals surface area contributed by atoms with E-state index in [1.54, 1.807) is 0 Å². The summed E-state index contributed by atoms with van der Waals surface area (Å²) in [5, 5.41) is 0. The van der Waals surface area contributed by atoms with Gasteiger partial charge in [-0.1, -0.05) is 0 Å². The van der Waals surface area contributed by atoms with Crippen LogP contribution in [0, 0.1) is 11.3 Å². The molecule has 2 aliphatic heterocycles. The zero-order valence-corrected chi connectivity index (χ0v) is 9.49. The second kappa shape index (κ2) is 4.10. The van der Waals surface area contributed by atoms with Crippen LogP contribution in [0.3, 0.4) is 0 Å². The molecule has 4 nitrogen and oxygen atoms in total. The molecule has 4 heteroatoms. The molecule has 0 amide bonds. The van der Waals surface area contributed by atoms with Crippen LogP contribution in [0.1, 0.15) is 12.8 Å². The van der Waals surface area contributed by atoms with Gasteiger partial charge in [-0.15, -0.1) is 0 Å². The third kappa shape index (κ3) is 1.76. The first-order valence-corrected chi connectivity index (χ1v) is 5.54. The van der Waals surface area contributed by atoms with Crippen LogP contribution in [-0.2, 0) is 14.3 Å². The van der Waals surface area contributed by atoms with Gasteiger partial charge in [-0.05, 0) is 32.4 Å². The van der Waals surface area contributed by atoms with E-state index in [-0.39, 0.29) is 11.4 Å². The van der Waals surface area contributed by atoms with Gasteiger partial charge < -0.3 is 14.4 Å². The Morgan fingerprint density at radius 2 is 2.27 bits per heavy atom. The Kier molecular flexibility index (Phi) is 2.98. The number of esters is 1. The number of hydrogen-bond donors (Lipinski definition) is 0. The quantitative estimate of drug-likeness (QED) is 0.627. The predicted molar refractivity (Wildman–Crippen MR) is 55.5 cm³/mol. The Labute approximate surface area is 90.5 Å². The van der Waals surface area contributed by atoms with Crippen molar-refractivity contribution >= 4 is 5.97 Å². The van der Waals surface area contributed by atoms with Gasteiger partial charge in [-0.3, -0.25) is 4.79 Å². The number of ether oxygens (including phenoxy) is 2. The second-order valence-electron chi connectivity index (χ2n) is 4.74. The van der Waals surface area contributed by atoms with Crippen LogP contribution >= 0.6 is 0 Å². The SMILES string of the molecule is COC(=O)C1(C2CCCN(C)C2)COC1. The fourth-order valence-corrected chi connectivity index (χ4v) is 2.66. The Morgan fingerprint density at radius 1 is 1.53 bits per heavy atom. The molecule has 2 fully saturated rings. The van der Waals surface area contributed by atoms with Gasteiger partial charge in [0, 0.05) is 6.54 Å². The van der Waals surface area contributed by atoms with Gasteiger partial charge in [0.1, 0.15) is 5.41 Å². The lowest BCUT2D eigenvalue weighted by Gasteiger charge is -2.47. The van der Waals surface area contributed by atoms with E-state index in [2.05, 4.69) is 11.9 Å². The summed E-state index contributed by atoms with van der Waals surface area (Å²) in [7, 11) is 3.58. The van der Waals surface area contributed by atoms with Gasteiger partial charge in [-0.25, -0.2) is 0 Å². The number of carbonyl (C=O) groups is 1. The molecule has 86 valence electrons. The molecule has 15 heavy (non-hydrogen) atoms. The lowest BCUT2D eigenvalue weighted by atomic mass is 9.70. The van der Waals surface area contributed by atoms with Crippen molar-refractivity contribution in [1.29, 1.82) is 0 Å². The topological polar surface area (TPSA) is 38.8 Å². The maximum atomic E-state index is 11.8. The van der Waals surface area contributed by atoms with Gasteiger partial charge in [0.15, 0.2) is 0 Å². The summed E-state index contributed by atoms with van der Waals surface area (Å²) in [6.07, 6.45) is 2.28. The van der Waals surface area contributed by atoms with Crippen LogP contribution in [0.4, 0.5) is 0 Å². The van der Waals surface area contributed by atoms with Crippen molar-refractivity contribution in [2.45, 2.75) is 12.8 Å². The summed E-state index contributed by atoms with van der Waals surface area (Å²) in [4.78, 5) is 14.1. The van der Waals surface area contributed by atoms with Crippen LogP contribution < -0.4 is 0 Å². The molecule has 1 atom stereocenters. The van der Waals surface area contributed by atoms with Crippen molar-refractivity contribution in [2.75, 3.05) is 40.5 Å². The molecule has 0 aromatic heterocycles. The van der Waals surface area contributed by atoms with Crippen molar-refractivity contribution in [2.24, 2.45) is 11.3 Å². The van der Waals surface area contributed by atoms with Crippen LogP contribution in [0.15, 0.2) is 0 Å². The summed E-state index contributed by atoms with van der Waals surface area (Å²) >= 11 is 0. The van der Waals surface area contributed by atoms with Crippen molar-refractivity contribution in [3.63, 3.8) is 0 Å². The predicted octanol–water partition coefficient (Wildman–Crippen LogP) is 0.518. The molecule has 2 heterocycles. The molecule has 0 aliphatic carbocycles. The summed E-state index contributed by atoms with van der Waals surface area (Å²) in [6, 6.07) is 0. The van der Waals surface area contributed by atoms with Crippen molar-refractivity contribution in [3.05, 3.63) is 0 Å². The molecule has 0 radical (unpaired) electrons. The molecule has 0 bridgehead atoms. The molecule has 0 aromatic rings. The highest BCUT2D eigenvalue weighted by molar-refractivity contribution is 5.78. The summed E-state index contributed by atoms with van der Waals surface area (Å²) in [6.45, 7) is 3.20. The number of nitrogens with zero attached hydrogens (tertiary/aromatic N) is 1. The fourth-order valence-electron chi connectivity index (χ4n) is 2.66. The highest BCUT2D eigenvalue weighted by Gasteiger charge is 2.53. The van der Waals surface area contributed by atoms with Crippen LogP contribution in [0.5, 0.6) is 0 Å². The maximum Gasteiger partial charge on any atom is 0.316 e. The zero-order chi connectivity index (χ0) is 10.9. The first kappa shape index (κ1) is 10.9. The van der Waals surface area contributed by atoms with Gasteiger partial charge in [0.05, 0.1) is 20.3 Å². The molecular weight excluding hydrogens is 194 g/mol. The zero-order valence-electron chi connectivity index (χ0n) is 9.49. The first-order valence-electron chi connectivity index (χ1n) is 5.54. The standard InChI is InChI=1S/C11H19NO3/c1-12-5-3-4-9(6-12)11(7-15-8-11)10(13)14-2/h9H,3-8H2,1-2H3. The Hall–Kier alpha value is -0.610. The third-order valence-corrected chi connectivity index (χ3v) is 3.72. The minimum absolute atomic E-state index is 0.0888.